The molecule has 1 heterocycles. The number of hydrogen-bond donors (Lipinski definition) is 2. The van der Waals surface area contributed by atoms with Crippen molar-refractivity contribution in [1.29, 1.82) is 10.5 Å². The van der Waals surface area contributed by atoms with Crippen LogP contribution in [0.2, 0.25) is 0 Å². The summed E-state index contributed by atoms with van der Waals surface area (Å²) in [5.41, 5.74) is 4.74. The number of nitrogens with one attached hydrogen (secondary N) is 2. The van der Waals surface area contributed by atoms with Crippen LogP contribution in [0.15, 0.2) is 28.7 Å². The van der Waals surface area contributed by atoms with Gasteiger partial charge in [-0.3, -0.25) is 20.4 Å². The van der Waals surface area contributed by atoms with Crippen LogP contribution in [-0.4, -0.2) is 21.8 Å². The highest BCUT2D eigenvalue weighted by atomic mass is 79.9. The van der Waals surface area contributed by atoms with Crippen LogP contribution in [0.5, 0.6) is 0 Å². The highest BCUT2D eigenvalue weighted by Crippen LogP contribution is 2.67. The molecular formula is C21H17BrN6O2. The van der Waals surface area contributed by atoms with Gasteiger partial charge in [-0.05, 0) is 42.5 Å². The van der Waals surface area contributed by atoms with E-state index in [1.165, 1.54) is 0 Å². The molecule has 1 aromatic carbocycles. The Kier molecular flexibility index (Phi) is 4.59. The van der Waals surface area contributed by atoms with Gasteiger partial charge in [-0.15, -0.1) is 0 Å². The maximum absolute atomic E-state index is 13.4. The third-order valence-corrected chi connectivity index (χ3v) is 6.96. The monoisotopic (exact) mass is 464 g/mol. The molecule has 2 unspecified atom stereocenters. The van der Waals surface area contributed by atoms with Gasteiger partial charge in [-0.1, -0.05) is 29.8 Å². The summed E-state index contributed by atoms with van der Waals surface area (Å²) in [4.78, 5) is 34.6. The molecule has 2 atom stereocenters. The van der Waals surface area contributed by atoms with Gasteiger partial charge in [0.05, 0.1) is 11.4 Å². The minimum absolute atomic E-state index is 0.0290. The number of benzene rings is 1. The van der Waals surface area contributed by atoms with Crippen LogP contribution in [0, 0.1) is 28.1 Å². The summed E-state index contributed by atoms with van der Waals surface area (Å²) in [6.07, 6.45) is 1.22. The van der Waals surface area contributed by atoms with E-state index >= 15 is 0 Å². The van der Waals surface area contributed by atoms with Crippen molar-refractivity contribution < 1.29 is 9.59 Å². The van der Waals surface area contributed by atoms with E-state index in [9.17, 15) is 20.1 Å². The molecule has 0 saturated heterocycles. The largest absolute Gasteiger partial charge is 0.272 e. The number of carbonyl (C=O) groups excluding carboxylic acids is 2. The Balaban J connectivity index is 1.67. The molecule has 1 saturated carbocycles. The normalized spacial score (nSPS) is 22.5. The Labute approximate surface area is 181 Å². The maximum Gasteiger partial charge on any atom is 0.269 e. The first-order valence-electron chi connectivity index (χ1n) is 9.35. The van der Waals surface area contributed by atoms with Crippen molar-refractivity contribution in [3.63, 3.8) is 0 Å². The fraction of sp³-hybridized carbons (Fsp3) is 0.333. The number of rotatable bonds is 2. The fourth-order valence-electron chi connectivity index (χ4n) is 4.81. The SMILES string of the molecule is CC1(C)C2CCC1(C(=O)NNC(=O)c1ccc(Br)cc1)c1nc(C#N)c(C#N)nc12. The lowest BCUT2D eigenvalue weighted by Crippen LogP contribution is -2.55. The lowest BCUT2D eigenvalue weighted by molar-refractivity contribution is -0.130. The van der Waals surface area contributed by atoms with Crippen molar-refractivity contribution in [3.8, 4) is 12.1 Å². The van der Waals surface area contributed by atoms with Crippen molar-refractivity contribution in [1.82, 2.24) is 20.8 Å². The van der Waals surface area contributed by atoms with E-state index < -0.39 is 22.6 Å². The predicted octanol–water partition coefficient (Wildman–Crippen LogP) is 2.60. The topological polar surface area (TPSA) is 132 Å². The summed E-state index contributed by atoms with van der Waals surface area (Å²) < 4.78 is 0.840. The third-order valence-electron chi connectivity index (χ3n) is 6.43. The van der Waals surface area contributed by atoms with Gasteiger partial charge in [-0.2, -0.15) is 10.5 Å². The minimum Gasteiger partial charge on any atom is -0.272 e. The molecule has 2 amide bonds. The summed E-state index contributed by atoms with van der Waals surface area (Å²) in [6.45, 7) is 3.92. The number of fused-ring (bicyclic) bond motifs is 5. The van der Waals surface area contributed by atoms with Crippen LogP contribution in [0.4, 0.5) is 0 Å². The molecule has 2 aliphatic rings. The second-order valence-corrected chi connectivity index (χ2v) is 8.93. The molecule has 1 aromatic heterocycles. The van der Waals surface area contributed by atoms with Crippen LogP contribution in [0.25, 0.3) is 0 Å². The number of halogens is 1. The zero-order chi connectivity index (χ0) is 21.7. The van der Waals surface area contributed by atoms with Gasteiger partial charge in [0.15, 0.2) is 11.4 Å². The van der Waals surface area contributed by atoms with Crippen LogP contribution in [0.1, 0.15) is 65.7 Å². The number of amides is 2. The number of aromatic nitrogens is 2. The van der Waals surface area contributed by atoms with Crippen molar-refractivity contribution in [2.75, 3.05) is 0 Å². The van der Waals surface area contributed by atoms with Gasteiger partial charge in [0.1, 0.15) is 17.6 Å². The predicted molar refractivity (Wildman–Crippen MR) is 109 cm³/mol. The molecular weight excluding hydrogens is 448 g/mol. The molecule has 0 radical (unpaired) electrons. The molecule has 0 spiro atoms. The van der Waals surface area contributed by atoms with Crippen molar-refractivity contribution in [2.24, 2.45) is 5.41 Å². The van der Waals surface area contributed by atoms with Crippen LogP contribution in [-0.2, 0) is 10.2 Å². The van der Waals surface area contributed by atoms with Gasteiger partial charge in [0.25, 0.3) is 11.8 Å². The standard InChI is InChI=1S/C21H17BrN6O2/c1-20(2)13-7-8-21(20,17-16(13)25-14(9-23)15(10-24)26-17)19(30)28-27-18(29)11-3-5-12(22)6-4-11/h3-6,13H,7-8H2,1-2H3,(H,27,29)(H,28,30). The molecule has 4 rings (SSSR count). The molecule has 2 bridgehead atoms. The summed E-state index contributed by atoms with van der Waals surface area (Å²) >= 11 is 3.31. The quantitative estimate of drug-likeness (QED) is 0.656. The Bertz CT molecular complexity index is 1160. The summed E-state index contributed by atoms with van der Waals surface area (Å²) in [7, 11) is 0. The van der Waals surface area contributed by atoms with E-state index in [1.54, 1.807) is 24.3 Å². The Hall–Kier alpha value is -3.30. The Morgan fingerprint density at radius 1 is 1.10 bits per heavy atom. The van der Waals surface area contributed by atoms with Crippen molar-refractivity contribution in [2.45, 2.75) is 38.0 Å². The van der Waals surface area contributed by atoms with E-state index in [2.05, 4.69) is 36.7 Å². The highest BCUT2D eigenvalue weighted by molar-refractivity contribution is 9.10. The van der Waals surface area contributed by atoms with E-state index in [4.69, 9.17) is 0 Å². The first-order valence-corrected chi connectivity index (χ1v) is 10.1. The van der Waals surface area contributed by atoms with E-state index in [-0.39, 0.29) is 17.3 Å². The van der Waals surface area contributed by atoms with Crippen molar-refractivity contribution in [3.05, 3.63) is 57.1 Å². The molecule has 8 nitrogen and oxygen atoms in total. The van der Waals surface area contributed by atoms with Crippen LogP contribution in [0.3, 0.4) is 0 Å². The first-order chi connectivity index (χ1) is 14.3. The van der Waals surface area contributed by atoms with Gasteiger partial charge in [-0.25, -0.2) is 9.97 Å². The Morgan fingerprint density at radius 3 is 2.37 bits per heavy atom. The van der Waals surface area contributed by atoms with Gasteiger partial charge in [0, 0.05) is 16.0 Å². The lowest BCUT2D eigenvalue weighted by Gasteiger charge is -2.36. The van der Waals surface area contributed by atoms with Gasteiger partial charge < -0.3 is 0 Å². The van der Waals surface area contributed by atoms with Gasteiger partial charge in [0.2, 0.25) is 0 Å². The van der Waals surface area contributed by atoms with Crippen molar-refractivity contribution >= 4 is 27.7 Å². The zero-order valence-corrected chi connectivity index (χ0v) is 17.9. The molecule has 150 valence electrons. The molecule has 2 aliphatic carbocycles. The number of nitriles is 2. The zero-order valence-electron chi connectivity index (χ0n) is 16.3. The molecule has 2 N–H and O–H groups in total. The second kappa shape index (κ2) is 6.89. The molecule has 30 heavy (non-hydrogen) atoms. The minimum atomic E-state index is -1.05. The van der Waals surface area contributed by atoms with E-state index in [0.717, 1.165) is 4.47 Å². The summed E-state index contributed by atoms with van der Waals surface area (Å²) in [5.74, 6) is -0.906. The molecule has 0 aliphatic heterocycles. The number of carbonyl (C=O) groups is 2. The number of hydrazine groups is 1. The number of hydrogen-bond acceptors (Lipinski definition) is 6. The van der Waals surface area contributed by atoms with Crippen LogP contribution >= 0.6 is 15.9 Å². The molecule has 1 fully saturated rings. The van der Waals surface area contributed by atoms with Gasteiger partial charge >= 0.3 is 0 Å². The maximum atomic E-state index is 13.4. The van der Waals surface area contributed by atoms with E-state index in [1.807, 2.05) is 26.0 Å². The van der Waals surface area contributed by atoms with Crippen LogP contribution < -0.4 is 10.9 Å². The first kappa shape index (κ1) is 20.0. The highest BCUT2D eigenvalue weighted by Gasteiger charge is 2.68. The smallest absolute Gasteiger partial charge is 0.269 e. The summed E-state index contributed by atoms with van der Waals surface area (Å²) in [5, 5.41) is 18.7. The average Bonchev–Trinajstić information content (AvgIpc) is 3.12. The second-order valence-electron chi connectivity index (χ2n) is 8.01. The summed E-state index contributed by atoms with van der Waals surface area (Å²) in [6, 6.07) is 10.5. The third kappa shape index (κ3) is 2.62. The van der Waals surface area contributed by atoms with E-state index in [0.29, 0.717) is 29.8 Å². The Morgan fingerprint density at radius 2 is 1.73 bits per heavy atom. The molecule has 2 aromatic rings. The number of nitrogens with zero attached hydrogens (tertiary/aromatic N) is 4. The fourth-order valence-corrected chi connectivity index (χ4v) is 5.08. The molecule has 9 heteroatoms. The average molecular weight is 465 g/mol. The lowest BCUT2D eigenvalue weighted by atomic mass is 9.68.